The van der Waals surface area contributed by atoms with Crippen molar-refractivity contribution in [3.8, 4) is 0 Å². The van der Waals surface area contributed by atoms with Gasteiger partial charge in [0.1, 0.15) is 10.7 Å². The Kier molecular flexibility index (Phi) is 2.60. The van der Waals surface area contributed by atoms with Gasteiger partial charge in [-0.2, -0.15) is 0 Å². The highest BCUT2D eigenvalue weighted by Gasteiger charge is 2.20. The Balaban J connectivity index is 1.88. The first-order chi connectivity index (χ1) is 8.28. The molecule has 0 saturated heterocycles. The van der Waals surface area contributed by atoms with Gasteiger partial charge in [-0.25, -0.2) is 9.97 Å². The zero-order valence-corrected chi connectivity index (χ0v) is 10.4. The van der Waals surface area contributed by atoms with Crippen LogP contribution in [-0.2, 0) is 13.1 Å². The van der Waals surface area contributed by atoms with Gasteiger partial charge in [0.25, 0.3) is 0 Å². The molecule has 0 spiro atoms. The number of nitrogens with zero attached hydrogens (tertiary/aromatic N) is 4. The van der Waals surface area contributed by atoms with E-state index in [2.05, 4.69) is 19.4 Å². The van der Waals surface area contributed by atoms with Crippen LogP contribution in [0.2, 0.25) is 5.15 Å². The molecule has 3 rings (SSSR count). The van der Waals surface area contributed by atoms with Crippen LogP contribution in [0, 0.1) is 0 Å². The Bertz CT molecular complexity index is 564. The fourth-order valence-electron chi connectivity index (χ4n) is 1.85. The fraction of sp³-hybridized carbons (Fsp3) is 0.300. The monoisotopic (exact) mass is 268 g/mol. The summed E-state index contributed by atoms with van der Waals surface area (Å²) in [7, 11) is 0. The van der Waals surface area contributed by atoms with Gasteiger partial charge < -0.3 is 9.47 Å². The largest absolute Gasteiger partial charge is 0.339 e. The lowest BCUT2D eigenvalue weighted by atomic mass is 10.4. The van der Waals surface area contributed by atoms with Gasteiger partial charge in [-0.05, 0) is 0 Å². The van der Waals surface area contributed by atoms with Crippen LogP contribution < -0.4 is 4.90 Å². The van der Waals surface area contributed by atoms with Crippen molar-refractivity contribution in [2.75, 3.05) is 11.4 Å². The first-order valence-corrected chi connectivity index (χ1v) is 6.34. The smallest absolute Gasteiger partial charge is 0.187 e. The van der Waals surface area contributed by atoms with E-state index in [-0.39, 0.29) is 5.15 Å². The maximum atomic E-state index is 10.7. The highest BCUT2D eigenvalue weighted by Crippen LogP contribution is 2.30. The molecule has 0 N–H and O–H groups in total. The van der Waals surface area contributed by atoms with Crippen molar-refractivity contribution in [1.82, 2.24) is 14.5 Å². The van der Waals surface area contributed by atoms with E-state index in [0.29, 0.717) is 11.4 Å². The Morgan fingerprint density at radius 3 is 3.12 bits per heavy atom. The highest BCUT2D eigenvalue weighted by molar-refractivity contribution is 7.17. The lowest BCUT2D eigenvalue weighted by Crippen LogP contribution is -2.33. The summed E-state index contributed by atoms with van der Waals surface area (Å²) in [5, 5.41) is 1.07. The van der Waals surface area contributed by atoms with Gasteiger partial charge in [-0.1, -0.05) is 22.9 Å². The van der Waals surface area contributed by atoms with Crippen LogP contribution in [0.5, 0.6) is 0 Å². The SMILES string of the molecule is O=Cc1sc(N2CCn3ccnc3C2)nc1Cl. The molecule has 0 fully saturated rings. The van der Waals surface area contributed by atoms with Gasteiger partial charge in [0.05, 0.1) is 6.54 Å². The summed E-state index contributed by atoms with van der Waals surface area (Å²) in [6, 6.07) is 0. The van der Waals surface area contributed by atoms with Gasteiger partial charge in [0.15, 0.2) is 16.6 Å². The van der Waals surface area contributed by atoms with Gasteiger partial charge in [-0.3, -0.25) is 4.79 Å². The second kappa shape index (κ2) is 4.12. The maximum Gasteiger partial charge on any atom is 0.187 e. The van der Waals surface area contributed by atoms with Gasteiger partial charge in [0.2, 0.25) is 0 Å². The molecule has 0 aliphatic carbocycles. The molecule has 3 heterocycles. The molecule has 0 bridgehead atoms. The molecule has 7 heteroatoms. The summed E-state index contributed by atoms with van der Waals surface area (Å²) in [5.41, 5.74) is 0. The molecule has 0 amide bonds. The van der Waals surface area contributed by atoms with Gasteiger partial charge >= 0.3 is 0 Å². The molecular formula is C10H9ClN4OS. The number of hydrogen-bond donors (Lipinski definition) is 0. The summed E-state index contributed by atoms with van der Waals surface area (Å²) in [4.78, 5) is 21.8. The van der Waals surface area contributed by atoms with E-state index in [4.69, 9.17) is 11.6 Å². The molecule has 5 nitrogen and oxygen atoms in total. The fourth-order valence-corrected chi connectivity index (χ4v) is 2.93. The first-order valence-electron chi connectivity index (χ1n) is 5.14. The van der Waals surface area contributed by atoms with E-state index in [9.17, 15) is 4.79 Å². The third kappa shape index (κ3) is 1.83. The van der Waals surface area contributed by atoms with Crippen molar-refractivity contribution in [2.24, 2.45) is 0 Å². The standard InChI is InChI=1S/C10H9ClN4OS/c11-9-7(6-16)17-10(13-9)15-4-3-14-2-1-12-8(14)5-15/h1-2,6H,3-5H2. The van der Waals surface area contributed by atoms with E-state index < -0.39 is 0 Å². The molecule has 17 heavy (non-hydrogen) atoms. The summed E-state index contributed by atoms with van der Waals surface area (Å²) in [6.07, 6.45) is 4.51. The zero-order chi connectivity index (χ0) is 11.8. The Labute approximate surface area is 107 Å². The van der Waals surface area contributed by atoms with Crippen LogP contribution >= 0.6 is 22.9 Å². The minimum atomic E-state index is 0.286. The number of aldehydes is 1. The Morgan fingerprint density at radius 1 is 1.47 bits per heavy atom. The lowest BCUT2D eigenvalue weighted by Gasteiger charge is -2.26. The normalized spacial score (nSPS) is 14.8. The van der Waals surface area contributed by atoms with Crippen molar-refractivity contribution in [3.05, 3.63) is 28.2 Å². The quantitative estimate of drug-likeness (QED) is 0.780. The number of carbonyl (C=O) groups is 1. The highest BCUT2D eigenvalue weighted by atomic mass is 35.5. The predicted octanol–water partition coefficient (Wildman–Crippen LogP) is 1.83. The molecule has 0 unspecified atom stereocenters. The molecular weight excluding hydrogens is 260 g/mol. The summed E-state index contributed by atoms with van der Waals surface area (Å²) in [6.45, 7) is 2.43. The minimum Gasteiger partial charge on any atom is -0.339 e. The second-order valence-electron chi connectivity index (χ2n) is 3.73. The molecule has 0 saturated carbocycles. The molecule has 1 aliphatic heterocycles. The molecule has 0 aromatic carbocycles. The molecule has 0 atom stereocenters. The van der Waals surface area contributed by atoms with Crippen molar-refractivity contribution in [3.63, 3.8) is 0 Å². The summed E-state index contributed by atoms with van der Waals surface area (Å²) < 4.78 is 2.12. The van der Waals surface area contributed by atoms with Crippen molar-refractivity contribution >= 4 is 34.4 Å². The Morgan fingerprint density at radius 2 is 2.35 bits per heavy atom. The predicted molar refractivity (Wildman–Crippen MR) is 65.8 cm³/mol. The number of halogens is 1. The van der Waals surface area contributed by atoms with Crippen LogP contribution in [-0.4, -0.2) is 27.4 Å². The van der Waals surface area contributed by atoms with Crippen LogP contribution in [0.25, 0.3) is 0 Å². The second-order valence-corrected chi connectivity index (χ2v) is 5.09. The number of hydrogen-bond acceptors (Lipinski definition) is 5. The first kappa shape index (κ1) is 10.7. The van der Waals surface area contributed by atoms with Gasteiger partial charge in [0, 0.05) is 25.5 Å². The average Bonchev–Trinajstić information content (AvgIpc) is 2.93. The lowest BCUT2D eigenvalue weighted by molar-refractivity contribution is 0.112. The molecule has 2 aromatic rings. The number of aromatic nitrogens is 3. The summed E-state index contributed by atoms with van der Waals surface area (Å²) >= 11 is 7.19. The minimum absolute atomic E-state index is 0.286. The van der Waals surface area contributed by atoms with Crippen molar-refractivity contribution in [2.45, 2.75) is 13.1 Å². The van der Waals surface area contributed by atoms with E-state index >= 15 is 0 Å². The third-order valence-electron chi connectivity index (χ3n) is 2.72. The number of anilines is 1. The van der Waals surface area contributed by atoms with Crippen LogP contribution in [0.3, 0.4) is 0 Å². The zero-order valence-electron chi connectivity index (χ0n) is 8.84. The van der Waals surface area contributed by atoms with E-state index in [0.717, 1.165) is 30.3 Å². The van der Waals surface area contributed by atoms with Crippen LogP contribution in [0.15, 0.2) is 12.4 Å². The van der Waals surface area contributed by atoms with E-state index in [1.54, 1.807) is 6.20 Å². The number of imidazole rings is 1. The summed E-state index contributed by atoms with van der Waals surface area (Å²) in [5.74, 6) is 1.01. The molecule has 88 valence electrons. The van der Waals surface area contributed by atoms with E-state index in [1.807, 2.05) is 6.20 Å². The number of carbonyl (C=O) groups excluding carboxylic acids is 1. The average molecular weight is 269 g/mol. The number of fused-ring (bicyclic) bond motifs is 1. The molecule has 0 radical (unpaired) electrons. The molecule has 1 aliphatic rings. The van der Waals surface area contributed by atoms with Crippen molar-refractivity contribution in [1.29, 1.82) is 0 Å². The Hall–Kier alpha value is -1.40. The van der Waals surface area contributed by atoms with Crippen LogP contribution in [0.4, 0.5) is 5.13 Å². The van der Waals surface area contributed by atoms with E-state index in [1.165, 1.54) is 11.3 Å². The third-order valence-corrected chi connectivity index (χ3v) is 4.16. The van der Waals surface area contributed by atoms with Crippen molar-refractivity contribution < 1.29 is 4.79 Å². The van der Waals surface area contributed by atoms with Gasteiger partial charge in [-0.15, -0.1) is 0 Å². The van der Waals surface area contributed by atoms with Crippen LogP contribution in [0.1, 0.15) is 15.5 Å². The number of rotatable bonds is 2. The topological polar surface area (TPSA) is 51.0 Å². The molecule has 2 aromatic heterocycles. The number of thiazole rings is 1. The maximum absolute atomic E-state index is 10.7.